The maximum atomic E-state index is 7.34. The molecule has 0 spiro atoms. The summed E-state index contributed by atoms with van der Waals surface area (Å²) in [5.41, 5.74) is 17.7. The van der Waals surface area contributed by atoms with Gasteiger partial charge < -0.3 is 14.5 Å². The van der Waals surface area contributed by atoms with Crippen LogP contribution in [0.2, 0.25) is 0 Å². The van der Waals surface area contributed by atoms with Crippen LogP contribution in [0.1, 0.15) is 0 Å². The molecule has 1 heterocycles. The van der Waals surface area contributed by atoms with Crippen LogP contribution in [0.25, 0.3) is 66.4 Å². The molecule has 11 aromatic rings. The average Bonchev–Trinajstić information content (AvgIpc) is 3.41. The van der Waals surface area contributed by atoms with Gasteiger partial charge in [-0.05, 0) is 122 Å². The molecule has 0 amide bonds. The number of fused-ring (bicyclic) bond motifs is 2. The second-order valence-corrected chi connectivity index (χ2v) is 16.9. The van der Waals surface area contributed by atoms with E-state index in [2.05, 4.69) is 277 Å². The van der Waals surface area contributed by atoms with Gasteiger partial charge in [0.1, 0.15) is 5.75 Å². The van der Waals surface area contributed by atoms with Gasteiger partial charge in [0.25, 0.3) is 0 Å². The molecule has 316 valence electrons. The summed E-state index contributed by atoms with van der Waals surface area (Å²) < 4.78 is 7.34. The SMILES string of the molecule is c1ccc(-c2ccc(N(c3ccc(-c4ccccc4)cc3)c3cccc4c3-c3cccc5ccc(N(c6ccc(-c7ccccc7)cc6)c6ccc(-c7ccccc7)cc6)c(c35)O4)cc2)cc1. The largest absolute Gasteiger partial charge is 0.454 e. The zero-order valence-corrected chi connectivity index (χ0v) is 36.7. The molecule has 1 aliphatic heterocycles. The van der Waals surface area contributed by atoms with E-state index in [0.717, 1.165) is 78.6 Å². The summed E-state index contributed by atoms with van der Waals surface area (Å²) in [4.78, 5) is 4.70. The lowest BCUT2D eigenvalue weighted by Crippen LogP contribution is -2.14. The Balaban J connectivity index is 1.02. The van der Waals surface area contributed by atoms with Gasteiger partial charge in [0.2, 0.25) is 0 Å². The fraction of sp³-hybridized carbons (Fsp3) is 0. The van der Waals surface area contributed by atoms with Crippen molar-refractivity contribution in [3.8, 4) is 67.1 Å². The predicted molar refractivity (Wildman–Crippen MR) is 281 cm³/mol. The average molecular weight is 857 g/mol. The lowest BCUT2D eigenvalue weighted by Gasteiger charge is -2.33. The van der Waals surface area contributed by atoms with Gasteiger partial charge in [-0.3, -0.25) is 0 Å². The number of hydrogen-bond acceptors (Lipinski definition) is 3. The molecule has 0 N–H and O–H groups in total. The molecule has 0 unspecified atom stereocenters. The molecule has 0 aromatic heterocycles. The monoisotopic (exact) mass is 856 g/mol. The quantitative estimate of drug-likeness (QED) is 0.136. The summed E-state index contributed by atoms with van der Waals surface area (Å²) in [6.07, 6.45) is 0. The third-order valence-electron chi connectivity index (χ3n) is 12.9. The predicted octanol–water partition coefficient (Wildman–Crippen LogP) is 18.2. The van der Waals surface area contributed by atoms with Crippen LogP contribution in [0, 0.1) is 0 Å². The van der Waals surface area contributed by atoms with Crippen molar-refractivity contribution in [3.63, 3.8) is 0 Å². The van der Waals surface area contributed by atoms with E-state index in [1.165, 1.54) is 33.4 Å². The highest BCUT2D eigenvalue weighted by Crippen LogP contribution is 2.56. The first kappa shape index (κ1) is 39.7. The van der Waals surface area contributed by atoms with Crippen molar-refractivity contribution in [1.29, 1.82) is 0 Å². The Morgan fingerprint density at radius 3 is 1.01 bits per heavy atom. The molecule has 1 aliphatic rings. The summed E-state index contributed by atoms with van der Waals surface area (Å²) in [5.74, 6) is 1.62. The van der Waals surface area contributed by atoms with Gasteiger partial charge in [0, 0.05) is 33.7 Å². The highest BCUT2D eigenvalue weighted by molar-refractivity contribution is 6.11. The summed E-state index contributed by atoms with van der Waals surface area (Å²) in [7, 11) is 0. The molecule has 67 heavy (non-hydrogen) atoms. The molecule has 0 fully saturated rings. The minimum absolute atomic E-state index is 0.801. The first-order valence-electron chi connectivity index (χ1n) is 22.8. The molecule has 0 atom stereocenters. The van der Waals surface area contributed by atoms with Crippen LogP contribution >= 0.6 is 0 Å². The van der Waals surface area contributed by atoms with Crippen LogP contribution in [0.4, 0.5) is 34.1 Å². The van der Waals surface area contributed by atoms with Crippen molar-refractivity contribution >= 4 is 44.9 Å². The van der Waals surface area contributed by atoms with E-state index in [4.69, 9.17) is 4.74 Å². The Morgan fingerprint density at radius 1 is 0.254 bits per heavy atom. The number of hydrogen-bond donors (Lipinski definition) is 0. The molecule has 0 saturated heterocycles. The summed E-state index contributed by atoms with van der Waals surface area (Å²) in [6, 6.07) is 95.2. The van der Waals surface area contributed by atoms with Gasteiger partial charge in [-0.25, -0.2) is 0 Å². The van der Waals surface area contributed by atoms with Crippen LogP contribution < -0.4 is 14.5 Å². The number of nitrogens with zero attached hydrogens (tertiary/aromatic N) is 2. The fourth-order valence-corrected chi connectivity index (χ4v) is 9.58. The Hall–Kier alpha value is -8.92. The van der Waals surface area contributed by atoms with Crippen LogP contribution in [-0.2, 0) is 0 Å². The Labute approximate surface area is 391 Å². The third kappa shape index (κ3) is 7.49. The van der Waals surface area contributed by atoms with Crippen LogP contribution in [0.3, 0.4) is 0 Å². The maximum absolute atomic E-state index is 7.34. The van der Waals surface area contributed by atoms with Gasteiger partial charge in [-0.15, -0.1) is 0 Å². The number of ether oxygens (including phenoxy) is 1. The van der Waals surface area contributed by atoms with Crippen molar-refractivity contribution in [2.45, 2.75) is 0 Å². The van der Waals surface area contributed by atoms with E-state index in [0.29, 0.717) is 0 Å². The second-order valence-electron chi connectivity index (χ2n) is 16.9. The van der Waals surface area contributed by atoms with Gasteiger partial charge in [-0.2, -0.15) is 0 Å². The lowest BCUT2D eigenvalue weighted by molar-refractivity contribution is 0.488. The first-order valence-corrected chi connectivity index (χ1v) is 22.8. The van der Waals surface area contributed by atoms with Crippen molar-refractivity contribution in [2.75, 3.05) is 9.80 Å². The van der Waals surface area contributed by atoms with Crippen LogP contribution in [0.15, 0.2) is 267 Å². The molecule has 11 aromatic carbocycles. The number of anilines is 6. The summed E-state index contributed by atoms with van der Waals surface area (Å²) in [6.45, 7) is 0. The zero-order chi connectivity index (χ0) is 44.5. The lowest BCUT2D eigenvalue weighted by atomic mass is 9.91. The second kappa shape index (κ2) is 17.2. The minimum atomic E-state index is 0.801. The summed E-state index contributed by atoms with van der Waals surface area (Å²) in [5, 5.41) is 2.19. The standard InChI is InChI=1S/C64H44N2O/c1-5-15-45(16-6-1)49-27-36-54(37-28-49)65(55-38-29-50(30-39-55)46-17-7-2-8-18-46)59-25-14-26-61-63(59)58-24-13-23-53-35-44-60(64(67-61)62(53)58)66(56-40-31-51(32-41-56)47-19-9-3-10-20-47)57-42-33-52(34-43-57)48-21-11-4-12-22-48/h1-44H. The first-order chi connectivity index (χ1) is 33.2. The fourth-order valence-electron chi connectivity index (χ4n) is 9.58. The Kier molecular flexibility index (Phi) is 10.2. The topological polar surface area (TPSA) is 15.7 Å². The summed E-state index contributed by atoms with van der Waals surface area (Å²) >= 11 is 0. The highest BCUT2D eigenvalue weighted by atomic mass is 16.5. The van der Waals surface area contributed by atoms with E-state index >= 15 is 0 Å². The highest BCUT2D eigenvalue weighted by Gasteiger charge is 2.30. The van der Waals surface area contributed by atoms with Crippen LogP contribution in [-0.4, -0.2) is 0 Å². The zero-order valence-electron chi connectivity index (χ0n) is 36.7. The van der Waals surface area contributed by atoms with Crippen LogP contribution in [0.5, 0.6) is 11.5 Å². The third-order valence-corrected chi connectivity index (χ3v) is 12.9. The van der Waals surface area contributed by atoms with E-state index in [9.17, 15) is 0 Å². The number of benzene rings is 11. The molecule has 0 aliphatic carbocycles. The van der Waals surface area contributed by atoms with Crippen molar-refractivity contribution in [2.24, 2.45) is 0 Å². The molecular weight excluding hydrogens is 813 g/mol. The molecule has 0 bridgehead atoms. The molecule has 0 radical (unpaired) electrons. The smallest absolute Gasteiger partial charge is 0.159 e. The van der Waals surface area contributed by atoms with Crippen molar-refractivity contribution in [1.82, 2.24) is 0 Å². The Bertz CT molecular complexity index is 3320. The van der Waals surface area contributed by atoms with Gasteiger partial charge in [0.15, 0.2) is 5.75 Å². The molecule has 3 heteroatoms. The Morgan fingerprint density at radius 2 is 0.612 bits per heavy atom. The molecule has 12 rings (SSSR count). The van der Waals surface area contributed by atoms with E-state index in [-0.39, 0.29) is 0 Å². The van der Waals surface area contributed by atoms with E-state index in [1.54, 1.807) is 0 Å². The molecule has 3 nitrogen and oxygen atoms in total. The maximum Gasteiger partial charge on any atom is 0.159 e. The van der Waals surface area contributed by atoms with Gasteiger partial charge in [0.05, 0.1) is 11.4 Å². The van der Waals surface area contributed by atoms with Crippen molar-refractivity contribution < 1.29 is 4.74 Å². The van der Waals surface area contributed by atoms with Gasteiger partial charge >= 0.3 is 0 Å². The van der Waals surface area contributed by atoms with Gasteiger partial charge in [-0.1, -0.05) is 200 Å². The molecular formula is C64H44N2O. The van der Waals surface area contributed by atoms with Crippen molar-refractivity contribution in [3.05, 3.63) is 267 Å². The van der Waals surface area contributed by atoms with E-state index in [1.807, 2.05) is 0 Å². The van der Waals surface area contributed by atoms with E-state index < -0.39 is 0 Å². The minimum Gasteiger partial charge on any atom is -0.454 e. The number of rotatable bonds is 10. The normalized spacial score (nSPS) is 11.4. The molecule has 0 saturated carbocycles.